The van der Waals surface area contributed by atoms with E-state index < -0.39 is 0 Å². The number of piperazine rings is 1. The van der Waals surface area contributed by atoms with Crippen LogP contribution in [0.1, 0.15) is 11.4 Å². The number of aryl methyl sites for hydroxylation is 1. The normalized spacial score (nSPS) is 17.4. The maximum Gasteiger partial charge on any atom is 0.114 e. The van der Waals surface area contributed by atoms with E-state index in [9.17, 15) is 0 Å². The molecule has 4 nitrogen and oxygen atoms in total. The zero-order valence-electron chi connectivity index (χ0n) is 10.9. The van der Waals surface area contributed by atoms with Crippen LogP contribution in [0.2, 0.25) is 0 Å². The summed E-state index contributed by atoms with van der Waals surface area (Å²) >= 11 is 0. The van der Waals surface area contributed by atoms with Crippen LogP contribution in [0.3, 0.4) is 0 Å². The second-order valence-electron chi connectivity index (χ2n) is 5.02. The first-order chi connectivity index (χ1) is 8.83. The first-order valence-corrected chi connectivity index (χ1v) is 6.68. The molecule has 96 valence electrons. The quantitative estimate of drug-likeness (QED) is 0.877. The minimum Gasteiger partial charge on any atom is -0.314 e. The summed E-state index contributed by atoms with van der Waals surface area (Å²) in [5, 5.41) is 3.38. The summed E-state index contributed by atoms with van der Waals surface area (Å²) in [6, 6.07) is 4.27. The van der Waals surface area contributed by atoms with E-state index in [0.29, 0.717) is 0 Å². The molecule has 0 amide bonds. The Morgan fingerprint density at radius 3 is 2.94 bits per heavy atom. The van der Waals surface area contributed by atoms with Crippen molar-refractivity contribution in [2.45, 2.75) is 13.3 Å². The zero-order chi connectivity index (χ0) is 12.4. The van der Waals surface area contributed by atoms with E-state index in [4.69, 9.17) is 0 Å². The number of aromatic nitrogens is 2. The number of hydrogen-bond acceptors (Lipinski definition) is 3. The van der Waals surface area contributed by atoms with Gasteiger partial charge in [-0.15, -0.1) is 0 Å². The fraction of sp³-hybridized carbons (Fsp3) is 0.500. The summed E-state index contributed by atoms with van der Waals surface area (Å²) in [6.07, 6.45) is 5.17. The van der Waals surface area contributed by atoms with E-state index in [1.807, 2.05) is 6.20 Å². The SMILES string of the molecule is Cc1ccc2cnc(CCN3CCNCC3)n2c1. The highest BCUT2D eigenvalue weighted by atomic mass is 15.2. The summed E-state index contributed by atoms with van der Waals surface area (Å²) in [4.78, 5) is 7.05. The van der Waals surface area contributed by atoms with Gasteiger partial charge in [0.05, 0.1) is 11.7 Å². The van der Waals surface area contributed by atoms with Gasteiger partial charge in [-0.25, -0.2) is 4.98 Å². The molecular formula is C14H20N4. The second-order valence-corrected chi connectivity index (χ2v) is 5.02. The Morgan fingerprint density at radius 1 is 1.28 bits per heavy atom. The molecule has 0 saturated carbocycles. The average molecular weight is 244 g/mol. The van der Waals surface area contributed by atoms with Gasteiger partial charge in [0.15, 0.2) is 0 Å². The molecule has 0 atom stereocenters. The Kier molecular flexibility index (Phi) is 3.30. The molecule has 1 aliphatic heterocycles. The van der Waals surface area contributed by atoms with Crippen LogP contribution < -0.4 is 5.32 Å². The predicted molar refractivity (Wildman–Crippen MR) is 72.9 cm³/mol. The number of hydrogen-bond donors (Lipinski definition) is 1. The fourth-order valence-electron chi connectivity index (χ4n) is 2.53. The van der Waals surface area contributed by atoms with Gasteiger partial charge >= 0.3 is 0 Å². The molecule has 0 aromatic carbocycles. The van der Waals surface area contributed by atoms with Crippen molar-refractivity contribution in [3.63, 3.8) is 0 Å². The van der Waals surface area contributed by atoms with Crippen molar-refractivity contribution in [1.82, 2.24) is 19.6 Å². The van der Waals surface area contributed by atoms with Gasteiger partial charge in [0, 0.05) is 45.3 Å². The third kappa shape index (κ3) is 2.40. The third-order valence-corrected chi connectivity index (χ3v) is 3.61. The molecule has 0 aliphatic carbocycles. The van der Waals surface area contributed by atoms with E-state index in [2.05, 4.69) is 44.9 Å². The lowest BCUT2D eigenvalue weighted by Gasteiger charge is -2.26. The van der Waals surface area contributed by atoms with Crippen molar-refractivity contribution in [1.29, 1.82) is 0 Å². The summed E-state index contributed by atoms with van der Waals surface area (Å²) in [5.74, 6) is 1.17. The minimum atomic E-state index is 1.03. The Hall–Kier alpha value is -1.39. The van der Waals surface area contributed by atoms with Crippen LogP contribution in [-0.2, 0) is 6.42 Å². The summed E-state index contributed by atoms with van der Waals surface area (Å²) < 4.78 is 2.22. The highest BCUT2D eigenvalue weighted by Gasteiger charge is 2.11. The number of pyridine rings is 1. The van der Waals surface area contributed by atoms with Crippen LogP contribution in [0.5, 0.6) is 0 Å². The van der Waals surface area contributed by atoms with Crippen LogP contribution in [0.15, 0.2) is 24.5 Å². The molecule has 1 aliphatic rings. The fourth-order valence-corrected chi connectivity index (χ4v) is 2.53. The Balaban J connectivity index is 1.72. The molecule has 1 N–H and O–H groups in total. The zero-order valence-corrected chi connectivity index (χ0v) is 10.9. The van der Waals surface area contributed by atoms with Crippen molar-refractivity contribution < 1.29 is 0 Å². The van der Waals surface area contributed by atoms with Crippen molar-refractivity contribution in [2.24, 2.45) is 0 Å². The standard InChI is InChI=1S/C14H20N4/c1-12-2-3-13-10-16-14(18(13)11-12)4-7-17-8-5-15-6-9-17/h2-3,10-11,15H,4-9H2,1H3. The van der Waals surface area contributed by atoms with Crippen LogP contribution >= 0.6 is 0 Å². The first-order valence-electron chi connectivity index (χ1n) is 6.68. The average Bonchev–Trinajstić information content (AvgIpc) is 2.80. The molecule has 18 heavy (non-hydrogen) atoms. The monoisotopic (exact) mass is 244 g/mol. The van der Waals surface area contributed by atoms with Gasteiger partial charge in [-0.05, 0) is 18.6 Å². The molecule has 0 radical (unpaired) electrons. The van der Waals surface area contributed by atoms with Crippen LogP contribution in [0.25, 0.3) is 5.52 Å². The molecule has 3 rings (SSSR count). The highest BCUT2D eigenvalue weighted by molar-refractivity contribution is 5.46. The summed E-state index contributed by atoms with van der Waals surface area (Å²) in [6.45, 7) is 7.77. The molecule has 0 unspecified atom stereocenters. The lowest BCUT2D eigenvalue weighted by atomic mass is 10.3. The van der Waals surface area contributed by atoms with E-state index in [1.165, 1.54) is 16.9 Å². The predicted octanol–water partition coefficient (Wildman–Crippen LogP) is 1.09. The number of nitrogens with one attached hydrogen (secondary N) is 1. The Labute approximate surface area is 108 Å². The molecule has 4 heteroatoms. The van der Waals surface area contributed by atoms with Crippen LogP contribution in [-0.4, -0.2) is 47.0 Å². The van der Waals surface area contributed by atoms with Gasteiger partial charge in [0.25, 0.3) is 0 Å². The van der Waals surface area contributed by atoms with Crippen molar-refractivity contribution in [3.05, 3.63) is 35.9 Å². The number of nitrogens with zero attached hydrogens (tertiary/aromatic N) is 3. The third-order valence-electron chi connectivity index (χ3n) is 3.61. The topological polar surface area (TPSA) is 32.6 Å². The van der Waals surface area contributed by atoms with Crippen molar-refractivity contribution in [3.8, 4) is 0 Å². The van der Waals surface area contributed by atoms with Crippen LogP contribution in [0, 0.1) is 6.92 Å². The molecule has 0 bridgehead atoms. The maximum absolute atomic E-state index is 4.54. The Morgan fingerprint density at radius 2 is 2.11 bits per heavy atom. The van der Waals surface area contributed by atoms with Gasteiger partial charge in [-0.2, -0.15) is 0 Å². The van der Waals surface area contributed by atoms with E-state index in [-0.39, 0.29) is 0 Å². The van der Waals surface area contributed by atoms with E-state index >= 15 is 0 Å². The lowest BCUT2D eigenvalue weighted by molar-refractivity contribution is 0.242. The molecule has 1 saturated heterocycles. The van der Waals surface area contributed by atoms with Gasteiger partial charge in [-0.1, -0.05) is 6.07 Å². The highest BCUT2D eigenvalue weighted by Crippen LogP contribution is 2.10. The van der Waals surface area contributed by atoms with E-state index in [0.717, 1.165) is 39.1 Å². The molecule has 1 fully saturated rings. The number of imidazole rings is 1. The van der Waals surface area contributed by atoms with Gasteiger partial charge in [0.2, 0.25) is 0 Å². The van der Waals surface area contributed by atoms with Crippen molar-refractivity contribution in [2.75, 3.05) is 32.7 Å². The van der Waals surface area contributed by atoms with Gasteiger partial charge in [-0.3, -0.25) is 0 Å². The first kappa shape index (κ1) is 11.7. The van der Waals surface area contributed by atoms with Crippen molar-refractivity contribution >= 4 is 5.52 Å². The second kappa shape index (κ2) is 5.08. The van der Waals surface area contributed by atoms with Gasteiger partial charge in [0.1, 0.15) is 5.82 Å². The molecule has 2 aromatic rings. The number of rotatable bonds is 3. The molecular weight excluding hydrogens is 224 g/mol. The minimum absolute atomic E-state index is 1.03. The maximum atomic E-state index is 4.54. The Bertz CT molecular complexity index is 526. The summed E-state index contributed by atoms with van der Waals surface area (Å²) in [7, 11) is 0. The van der Waals surface area contributed by atoms with Crippen LogP contribution in [0.4, 0.5) is 0 Å². The molecule has 3 heterocycles. The smallest absolute Gasteiger partial charge is 0.114 e. The van der Waals surface area contributed by atoms with E-state index in [1.54, 1.807) is 0 Å². The summed E-state index contributed by atoms with van der Waals surface area (Å²) in [5.41, 5.74) is 2.47. The lowest BCUT2D eigenvalue weighted by Crippen LogP contribution is -2.44. The number of fused-ring (bicyclic) bond motifs is 1. The largest absolute Gasteiger partial charge is 0.314 e. The molecule has 0 spiro atoms. The van der Waals surface area contributed by atoms with Gasteiger partial charge < -0.3 is 14.6 Å². The molecule has 2 aromatic heterocycles.